The molecule has 2 unspecified atom stereocenters. The molecular formula is C27H30NO3Si. The van der Waals surface area contributed by atoms with E-state index in [9.17, 15) is 4.79 Å². The summed E-state index contributed by atoms with van der Waals surface area (Å²) in [6, 6.07) is 14.5. The number of hydrogen-bond donors (Lipinski definition) is 0. The number of aryl methyl sites for hydroxylation is 1. The molecule has 0 saturated heterocycles. The lowest BCUT2D eigenvalue weighted by atomic mass is 9.59. The van der Waals surface area contributed by atoms with E-state index < -0.39 is 14.5 Å². The molecule has 1 heterocycles. The normalized spacial score (nSPS) is 21.7. The summed E-state index contributed by atoms with van der Waals surface area (Å²) in [5.74, 6) is 1.39. The summed E-state index contributed by atoms with van der Waals surface area (Å²) in [4.78, 5) is 14.4. The van der Waals surface area contributed by atoms with Crippen molar-refractivity contribution in [3.8, 4) is 11.3 Å². The highest BCUT2D eigenvalue weighted by Gasteiger charge is 2.55. The van der Waals surface area contributed by atoms with Crippen molar-refractivity contribution in [2.24, 2.45) is 5.92 Å². The van der Waals surface area contributed by atoms with Crippen molar-refractivity contribution < 1.29 is 13.7 Å². The van der Waals surface area contributed by atoms with Crippen molar-refractivity contribution in [1.82, 2.24) is 5.16 Å². The van der Waals surface area contributed by atoms with Crippen LogP contribution < -0.4 is 0 Å². The lowest BCUT2D eigenvalue weighted by Gasteiger charge is -2.42. The van der Waals surface area contributed by atoms with Crippen molar-refractivity contribution in [1.29, 1.82) is 0 Å². The Bertz CT molecular complexity index is 1180. The van der Waals surface area contributed by atoms with Crippen LogP contribution in [0.4, 0.5) is 0 Å². The quantitative estimate of drug-likeness (QED) is 0.425. The lowest BCUT2D eigenvalue weighted by molar-refractivity contribution is 0.0832. The average Bonchev–Trinajstić information content (AvgIpc) is 3.19. The van der Waals surface area contributed by atoms with Crippen molar-refractivity contribution in [3.63, 3.8) is 0 Å². The summed E-state index contributed by atoms with van der Waals surface area (Å²) in [7, 11) is -0.931. The molecule has 3 aromatic rings. The van der Waals surface area contributed by atoms with Crippen molar-refractivity contribution in [2.45, 2.75) is 64.6 Å². The number of hydrogen-bond acceptors (Lipinski definition) is 4. The fourth-order valence-corrected chi connectivity index (χ4v) is 6.29. The Morgan fingerprint density at radius 2 is 1.94 bits per heavy atom. The lowest BCUT2D eigenvalue weighted by Crippen LogP contribution is -2.44. The predicted molar refractivity (Wildman–Crippen MR) is 127 cm³/mol. The molecule has 2 atom stereocenters. The molecule has 2 aliphatic rings. The van der Waals surface area contributed by atoms with E-state index in [1.54, 1.807) is 0 Å². The first-order valence-corrected chi connectivity index (χ1v) is 13.9. The first kappa shape index (κ1) is 21.3. The molecule has 5 heteroatoms. The van der Waals surface area contributed by atoms with Gasteiger partial charge in [-0.25, -0.2) is 0 Å². The maximum Gasteiger partial charge on any atom is 0.206 e. The van der Waals surface area contributed by atoms with Crippen LogP contribution in [0.25, 0.3) is 11.3 Å². The molecule has 2 aliphatic carbocycles. The van der Waals surface area contributed by atoms with E-state index >= 15 is 0 Å². The molecule has 0 bridgehead atoms. The smallest absolute Gasteiger partial charge is 0.206 e. The first-order valence-electron chi connectivity index (χ1n) is 11.5. The molecule has 1 radical (unpaired) electrons. The molecule has 2 aromatic carbocycles. The number of ketones is 1. The van der Waals surface area contributed by atoms with Gasteiger partial charge in [0.25, 0.3) is 0 Å². The second kappa shape index (κ2) is 7.82. The Morgan fingerprint density at radius 1 is 1.19 bits per heavy atom. The van der Waals surface area contributed by atoms with E-state index in [-0.39, 0.29) is 11.9 Å². The molecule has 165 valence electrons. The average molecular weight is 445 g/mol. The van der Waals surface area contributed by atoms with Gasteiger partial charge in [-0.1, -0.05) is 67.0 Å². The van der Waals surface area contributed by atoms with Crippen molar-refractivity contribution >= 4 is 14.8 Å². The van der Waals surface area contributed by atoms with E-state index in [1.807, 2.05) is 12.1 Å². The van der Waals surface area contributed by atoms with E-state index in [0.29, 0.717) is 12.3 Å². The van der Waals surface area contributed by atoms with Gasteiger partial charge in [0.05, 0.1) is 5.41 Å². The number of carbonyl (C=O) groups is 1. The second-order valence-electron chi connectivity index (χ2n) is 9.86. The maximum absolute atomic E-state index is 14.4. The number of aromatic nitrogens is 1. The summed E-state index contributed by atoms with van der Waals surface area (Å²) in [5.41, 5.74) is 6.10. The van der Waals surface area contributed by atoms with Crippen LogP contribution >= 0.6 is 0 Å². The van der Waals surface area contributed by atoms with E-state index in [4.69, 9.17) is 8.95 Å². The van der Waals surface area contributed by atoms with E-state index in [1.165, 1.54) is 11.1 Å². The highest BCUT2D eigenvalue weighted by Crippen LogP contribution is 2.56. The fourth-order valence-electron chi connectivity index (χ4n) is 5.50. The fraction of sp³-hybridized carbons (Fsp3) is 0.407. The van der Waals surface area contributed by atoms with Crippen LogP contribution in [0.1, 0.15) is 71.2 Å². The van der Waals surface area contributed by atoms with Gasteiger partial charge in [0.15, 0.2) is 11.5 Å². The zero-order valence-electron chi connectivity index (χ0n) is 19.5. The number of carbonyl (C=O) groups excluding carboxylic acids is 1. The van der Waals surface area contributed by atoms with Crippen molar-refractivity contribution in [3.05, 3.63) is 76.0 Å². The monoisotopic (exact) mass is 444 g/mol. The largest absolute Gasteiger partial charge is 0.407 e. The van der Waals surface area contributed by atoms with E-state index in [0.717, 1.165) is 46.5 Å². The number of rotatable bonds is 5. The van der Waals surface area contributed by atoms with Crippen LogP contribution in [0.15, 0.2) is 47.0 Å². The molecule has 0 saturated carbocycles. The summed E-state index contributed by atoms with van der Waals surface area (Å²) in [6.45, 7) is 10.8. The predicted octanol–water partition coefficient (Wildman–Crippen LogP) is 6.43. The topological polar surface area (TPSA) is 52.3 Å². The number of nitrogens with zero attached hydrogens (tertiary/aromatic N) is 1. The Hall–Kier alpha value is -2.50. The summed E-state index contributed by atoms with van der Waals surface area (Å²) in [6.07, 6.45) is 2.20. The molecule has 32 heavy (non-hydrogen) atoms. The Labute approximate surface area is 191 Å². The van der Waals surface area contributed by atoms with Crippen LogP contribution in [-0.4, -0.2) is 20.0 Å². The van der Waals surface area contributed by atoms with Crippen LogP contribution in [0.2, 0.25) is 13.1 Å². The molecule has 0 aliphatic heterocycles. The van der Waals surface area contributed by atoms with E-state index in [2.05, 4.69) is 69.4 Å². The molecule has 4 nitrogen and oxygen atoms in total. The number of benzene rings is 2. The summed E-state index contributed by atoms with van der Waals surface area (Å²) < 4.78 is 12.3. The van der Waals surface area contributed by atoms with Gasteiger partial charge in [0, 0.05) is 16.7 Å². The number of Topliss-reactive ketones (excluding diaryl/α,β-unsaturated/α-hetero) is 1. The highest BCUT2D eigenvalue weighted by atomic mass is 28.3. The SMILES string of the molecule is Cc1ccc(C23CCC(O[Si](C)C)c4onc(c42)-c2c(CC(C)C)cccc2C3=O)cc1. The van der Waals surface area contributed by atoms with Crippen LogP contribution in [-0.2, 0) is 16.3 Å². The molecule has 0 fully saturated rings. The Morgan fingerprint density at radius 3 is 2.62 bits per heavy atom. The molecule has 5 rings (SSSR count). The molecule has 0 amide bonds. The zero-order chi connectivity index (χ0) is 22.6. The van der Waals surface area contributed by atoms with Gasteiger partial charge in [-0.2, -0.15) is 0 Å². The standard InChI is InChI=1S/C27H30NO3Si/c1-16(2)15-18-7-6-8-20-22(18)24-23-25(30-28-24)21(31-32(4)5)13-14-27(23,26(20)29)19-11-9-17(3)10-12-19/h6-12,16,21H,13-15H2,1-5H3. The van der Waals surface area contributed by atoms with Gasteiger partial charge in [-0.05, 0) is 56.3 Å². The minimum Gasteiger partial charge on any atom is -0.407 e. The van der Waals surface area contributed by atoms with Gasteiger partial charge in [-0.15, -0.1) is 0 Å². The summed E-state index contributed by atoms with van der Waals surface area (Å²) >= 11 is 0. The Kier molecular flexibility index (Phi) is 5.22. The third-order valence-electron chi connectivity index (χ3n) is 6.79. The van der Waals surface area contributed by atoms with Crippen LogP contribution in [0.5, 0.6) is 0 Å². The first-order chi connectivity index (χ1) is 15.3. The minimum atomic E-state index is -0.931. The number of fused-ring (bicyclic) bond motifs is 2. The van der Waals surface area contributed by atoms with Gasteiger partial charge < -0.3 is 8.95 Å². The minimum absolute atomic E-state index is 0.139. The van der Waals surface area contributed by atoms with Crippen LogP contribution in [0, 0.1) is 12.8 Å². The molecule has 0 N–H and O–H groups in total. The van der Waals surface area contributed by atoms with Crippen LogP contribution in [0.3, 0.4) is 0 Å². The third-order valence-corrected chi connectivity index (χ3v) is 7.55. The highest BCUT2D eigenvalue weighted by molar-refractivity contribution is 6.48. The van der Waals surface area contributed by atoms with Gasteiger partial charge >= 0.3 is 0 Å². The van der Waals surface area contributed by atoms with Gasteiger partial charge in [0.2, 0.25) is 9.04 Å². The molecule has 0 spiro atoms. The zero-order valence-corrected chi connectivity index (χ0v) is 20.5. The Balaban J connectivity index is 1.80. The van der Waals surface area contributed by atoms with Crippen molar-refractivity contribution in [2.75, 3.05) is 0 Å². The second-order valence-corrected chi connectivity index (χ2v) is 11.9. The van der Waals surface area contributed by atoms with Gasteiger partial charge in [0.1, 0.15) is 11.8 Å². The maximum atomic E-state index is 14.4. The third kappa shape index (κ3) is 3.13. The molecule has 1 aromatic heterocycles. The summed E-state index contributed by atoms with van der Waals surface area (Å²) in [5, 5.41) is 4.61. The van der Waals surface area contributed by atoms with Gasteiger partial charge in [-0.3, -0.25) is 4.79 Å². The molecular weight excluding hydrogens is 414 g/mol.